The van der Waals surface area contributed by atoms with Crippen LogP contribution in [-0.4, -0.2) is 38.6 Å². The van der Waals surface area contributed by atoms with Gasteiger partial charge >= 0.3 is 6.09 Å². The molecule has 104 valence electrons. The number of aliphatic hydroxyl groups is 1. The van der Waals surface area contributed by atoms with E-state index in [-0.39, 0.29) is 19.7 Å². The van der Waals surface area contributed by atoms with Crippen LogP contribution >= 0.6 is 34.8 Å². The van der Waals surface area contributed by atoms with Gasteiger partial charge in [-0.1, -0.05) is 65.1 Å². The van der Waals surface area contributed by atoms with Gasteiger partial charge in [0.15, 0.2) is 0 Å². The number of carbonyl (C=O) groups is 1. The van der Waals surface area contributed by atoms with Crippen LogP contribution in [0, 0.1) is 0 Å². The molecule has 1 fully saturated rings. The van der Waals surface area contributed by atoms with Crippen molar-refractivity contribution in [2.75, 3.05) is 13.1 Å². The van der Waals surface area contributed by atoms with Crippen LogP contribution in [0.1, 0.15) is 5.56 Å². The van der Waals surface area contributed by atoms with Gasteiger partial charge in [0.2, 0.25) is 3.79 Å². The average molecular weight is 325 g/mol. The lowest BCUT2D eigenvalue weighted by atomic mass is 9.97. The minimum absolute atomic E-state index is 0.0584. The van der Waals surface area contributed by atoms with Gasteiger partial charge in [0.1, 0.15) is 12.2 Å². The molecule has 1 heterocycles. The quantitative estimate of drug-likeness (QED) is 0.851. The van der Waals surface area contributed by atoms with Crippen LogP contribution in [0.25, 0.3) is 0 Å². The topological polar surface area (TPSA) is 49.8 Å². The molecule has 1 aromatic carbocycles. The predicted molar refractivity (Wildman–Crippen MR) is 73.4 cm³/mol. The molecule has 0 aliphatic carbocycles. The van der Waals surface area contributed by atoms with E-state index in [1.165, 1.54) is 4.90 Å². The monoisotopic (exact) mass is 323 g/mol. The molecule has 1 aliphatic heterocycles. The van der Waals surface area contributed by atoms with Gasteiger partial charge < -0.3 is 14.7 Å². The lowest BCUT2D eigenvalue weighted by molar-refractivity contribution is -0.0863. The summed E-state index contributed by atoms with van der Waals surface area (Å²) in [6.07, 6.45) is -0.539. The largest absolute Gasteiger partial charge is 0.445 e. The molecule has 0 saturated carbocycles. The van der Waals surface area contributed by atoms with Crippen molar-refractivity contribution in [1.82, 2.24) is 4.90 Å². The zero-order valence-corrected chi connectivity index (χ0v) is 12.1. The Morgan fingerprint density at radius 2 is 1.89 bits per heavy atom. The minimum Gasteiger partial charge on any atom is -0.445 e. The SMILES string of the molecule is O=C(OCc1ccccc1)N1CC(O)(C(Cl)(Cl)Cl)C1. The lowest BCUT2D eigenvalue weighted by Crippen LogP contribution is -2.69. The maximum absolute atomic E-state index is 11.7. The maximum Gasteiger partial charge on any atom is 0.410 e. The van der Waals surface area contributed by atoms with Crippen molar-refractivity contribution < 1.29 is 14.6 Å². The summed E-state index contributed by atoms with van der Waals surface area (Å²) in [6, 6.07) is 9.28. The fourth-order valence-electron chi connectivity index (χ4n) is 1.70. The first kappa shape index (κ1) is 14.7. The molecule has 0 atom stereocenters. The summed E-state index contributed by atoms with van der Waals surface area (Å²) in [7, 11) is 0. The van der Waals surface area contributed by atoms with E-state index >= 15 is 0 Å². The third kappa shape index (κ3) is 3.26. The molecule has 0 unspecified atom stereocenters. The zero-order valence-electron chi connectivity index (χ0n) is 9.85. The summed E-state index contributed by atoms with van der Waals surface area (Å²) in [5.74, 6) is 0. The van der Waals surface area contributed by atoms with Gasteiger partial charge in [-0.2, -0.15) is 0 Å². The molecule has 0 spiro atoms. The average Bonchev–Trinajstić information content (AvgIpc) is 2.32. The van der Waals surface area contributed by atoms with E-state index in [1.807, 2.05) is 30.3 Å². The molecule has 1 N–H and O–H groups in total. The van der Waals surface area contributed by atoms with Gasteiger partial charge in [-0.15, -0.1) is 0 Å². The second kappa shape index (κ2) is 5.37. The number of β-amino-alcohol motifs (C(OH)–C–C–N with tert-alkyl or cyclic N) is 1. The highest BCUT2D eigenvalue weighted by Crippen LogP contribution is 2.43. The number of halogens is 3. The van der Waals surface area contributed by atoms with Gasteiger partial charge in [-0.05, 0) is 5.56 Å². The predicted octanol–water partition coefficient (Wildman–Crippen LogP) is 2.74. The molecular formula is C12H12Cl3NO3. The standard InChI is InChI=1S/C12H12Cl3NO3/c13-12(14,15)11(18)7-16(8-11)10(17)19-6-9-4-2-1-3-5-9/h1-5,18H,6-8H2. The van der Waals surface area contributed by atoms with E-state index in [0.717, 1.165) is 5.56 Å². The third-order valence-electron chi connectivity index (χ3n) is 2.90. The Kier molecular flexibility index (Phi) is 4.16. The van der Waals surface area contributed by atoms with E-state index in [9.17, 15) is 9.90 Å². The van der Waals surface area contributed by atoms with Crippen LogP contribution in [0.3, 0.4) is 0 Å². The third-order valence-corrected chi connectivity index (χ3v) is 3.95. The van der Waals surface area contributed by atoms with Gasteiger partial charge in [0.05, 0.1) is 13.1 Å². The number of likely N-dealkylation sites (tertiary alicyclic amines) is 1. The Morgan fingerprint density at radius 3 is 2.42 bits per heavy atom. The molecule has 0 radical (unpaired) electrons. The molecule has 1 saturated heterocycles. The number of rotatable bonds is 2. The number of carbonyl (C=O) groups excluding carboxylic acids is 1. The van der Waals surface area contributed by atoms with Crippen LogP contribution in [0.15, 0.2) is 30.3 Å². The van der Waals surface area contributed by atoms with Crippen LogP contribution in [0.2, 0.25) is 0 Å². The Labute approximate surface area is 125 Å². The minimum atomic E-state index is -1.82. The number of hydrogen-bond acceptors (Lipinski definition) is 3. The van der Waals surface area contributed by atoms with Crippen molar-refractivity contribution in [2.24, 2.45) is 0 Å². The van der Waals surface area contributed by atoms with Crippen LogP contribution in [0.5, 0.6) is 0 Å². The second-order valence-corrected chi connectivity index (χ2v) is 6.71. The van der Waals surface area contributed by atoms with Gasteiger partial charge in [-0.3, -0.25) is 0 Å². The first-order chi connectivity index (χ1) is 8.82. The summed E-state index contributed by atoms with van der Waals surface area (Å²) in [4.78, 5) is 13.0. The molecule has 0 bridgehead atoms. The highest BCUT2D eigenvalue weighted by atomic mass is 35.6. The number of alkyl halides is 3. The molecule has 1 aliphatic rings. The van der Waals surface area contributed by atoms with E-state index < -0.39 is 15.5 Å². The fraction of sp³-hybridized carbons (Fsp3) is 0.417. The highest BCUT2D eigenvalue weighted by molar-refractivity contribution is 6.68. The van der Waals surface area contributed by atoms with Crippen LogP contribution in [-0.2, 0) is 11.3 Å². The number of ether oxygens (including phenoxy) is 1. The van der Waals surface area contributed by atoms with Crippen molar-refractivity contribution >= 4 is 40.9 Å². The Bertz CT molecular complexity index is 455. The summed E-state index contributed by atoms with van der Waals surface area (Å²) in [5, 5.41) is 9.91. The number of nitrogens with zero attached hydrogens (tertiary/aromatic N) is 1. The number of hydrogen-bond donors (Lipinski definition) is 1. The Balaban J connectivity index is 1.81. The Hall–Kier alpha value is -0.680. The van der Waals surface area contributed by atoms with Crippen LogP contribution in [0.4, 0.5) is 4.79 Å². The summed E-state index contributed by atoms with van der Waals surface area (Å²) in [6.45, 7) is 0.0522. The van der Waals surface area contributed by atoms with Gasteiger partial charge in [0, 0.05) is 0 Å². The maximum atomic E-state index is 11.7. The Morgan fingerprint density at radius 1 is 1.32 bits per heavy atom. The summed E-state index contributed by atoms with van der Waals surface area (Å²) >= 11 is 16.9. The van der Waals surface area contributed by atoms with Crippen molar-refractivity contribution in [3.8, 4) is 0 Å². The van der Waals surface area contributed by atoms with Gasteiger partial charge in [0.25, 0.3) is 0 Å². The van der Waals surface area contributed by atoms with Gasteiger partial charge in [-0.25, -0.2) is 4.79 Å². The zero-order chi connectivity index (χ0) is 14.1. The highest BCUT2D eigenvalue weighted by Gasteiger charge is 2.57. The molecule has 4 nitrogen and oxygen atoms in total. The molecule has 0 aromatic heterocycles. The van der Waals surface area contributed by atoms with Crippen molar-refractivity contribution in [2.45, 2.75) is 16.0 Å². The molecular weight excluding hydrogens is 312 g/mol. The molecule has 2 rings (SSSR count). The van der Waals surface area contributed by atoms with Crippen molar-refractivity contribution in [1.29, 1.82) is 0 Å². The van der Waals surface area contributed by atoms with Crippen LogP contribution < -0.4 is 0 Å². The van der Waals surface area contributed by atoms with E-state index in [1.54, 1.807) is 0 Å². The van der Waals surface area contributed by atoms with Crippen molar-refractivity contribution in [3.05, 3.63) is 35.9 Å². The molecule has 19 heavy (non-hydrogen) atoms. The van der Waals surface area contributed by atoms with Crippen molar-refractivity contribution in [3.63, 3.8) is 0 Å². The first-order valence-corrected chi connectivity index (χ1v) is 6.70. The van der Waals surface area contributed by atoms with E-state index in [0.29, 0.717) is 0 Å². The first-order valence-electron chi connectivity index (χ1n) is 5.56. The summed E-state index contributed by atoms with van der Waals surface area (Å²) in [5.41, 5.74) is -0.628. The second-order valence-electron chi connectivity index (χ2n) is 4.43. The summed E-state index contributed by atoms with van der Waals surface area (Å²) < 4.78 is 3.27. The molecule has 1 aromatic rings. The fourth-order valence-corrected chi connectivity index (χ4v) is 2.06. The van der Waals surface area contributed by atoms with E-state index in [2.05, 4.69) is 0 Å². The smallest absolute Gasteiger partial charge is 0.410 e. The number of amides is 1. The molecule has 1 amide bonds. The van der Waals surface area contributed by atoms with E-state index in [4.69, 9.17) is 39.5 Å². The normalized spacial score (nSPS) is 17.8. The molecule has 7 heteroatoms. The lowest BCUT2D eigenvalue weighted by Gasteiger charge is -2.48. The number of benzene rings is 1.